The molecular formula is C10H13BrN4S. The van der Waals surface area contributed by atoms with Crippen molar-refractivity contribution in [2.45, 2.75) is 12.5 Å². The van der Waals surface area contributed by atoms with Crippen LogP contribution in [0, 0.1) is 0 Å². The number of aryl methyl sites for hydroxylation is 1. The molecule has 0 aromatic carbocycles. The molecule has 0 saturated carbocycles. The third-order valence-corrected chi connectivity index (χ3v) is 4.49. The van der Waals surface area contributed by atoms with Gasteiger partial charge in [-0.15, -0.1) is 11.3 Å². The van der Waals surface area contributed by atoms with E-state index in [0.29, 0.717) is 0 Å². The molecule has 2 heterocycles. The Morgan fingerprint density at radius 2 is 2.44 bits per heavy atom. The van der Waals surface area contributed by atoms with Crippen LogP contribution >= 0.6 is 27.3 Å². The molecule has 0 aliphatic carbocycles. The van der Waals surface area contributed by atoms with Crippen LogP contribution in [-0.4, -0.2) is 21.8 Å². The van der Waals surface area contributed by atoms with Crippen LogP contribution in [0.25, 0.3) is 0 Å². The molecule has 86 valence electrons. The Bertz CT molecular complexity index is 465. The van der Waals surface area contributed by atoms with Crippen molar-refractivity contribution >= 4 is 27.3 Å². The van der Waals surface area contributed by atoms with Crippen molar-refractivity contribution in [2.75, 3.05) is 7.05 Å². The molecule has 0 radical (unpaired) electrons. The smallest absolute Gasteiger partial charge is 0.138 e. The van der Waals surface area contributed by atoms with Crippen molar-refractivity contribution in [1.29, 1.82) is 0 Å². The van der Waals surface area contributed by atoms with E-state index in [1.54, 1.807) is 17.7 Å². The molecule has 0 bridgehead atoms. The summed E-state index contributed by atoms with van der Waals surface area (Å²) in [5.74, 6) is 0.986. The summed E-state index contributed by atoms with van der Waals surface area (Å²) < 4.78 is 2.96. The lowest BCUT2D eigenvalue weighted by Crippen LogP contribution is -2.20. The van der Waals surface area contributed by atoms with Gasteiger partial charge in [-0.25, -0.2) is 4.98 Å². The van der Waals surface area contributed by atoms with E-state index in [4.69, 9.17) is 0 Å². The molecule has 0 fully saturated rings. The van der Waals surface area contributed by atoms with Gasteiger partial charge in [-0.3, -0.25) is 4.68 Å². The molecule has 16 heavy (non-hydrogen) atoms. The van der Waals surface area contributed by atoms with Gasteiger partial charge >= 0.3 is 0 Å². The Balaban J connectivity index is 2.19. The number of hydrogen-bond acceptors (Lipinski definition) is 4. The highest BCUT2D eigenvalue weighted by Crippen LogP contribution is 2.30. The fourth-order valence-electron chi connectivity index (χ4n) is 1.57. The number of aromatic nitrogens is 3. The van der Waals surface area contributed by atoms with Gasteiger partial charge in [-0.05, 0) is 34.4 Å². The van der Waals surface area contributed by atoms with Crippen LogP contribution in [0.15, 0.2) is 22.2 Å². The largest absolute Gasteiger partial charge is 0.312 e. The standard InChI is InChI=1S/C10H13BrN4S/c1-12-8(10-7(11)3-4-16-10)5-9-13-6-14-15(9)2/h3-4,6,8,12H,5H2,1-2H3. The maximum Gasteiger partial charge on any atom is 0.138 e. The molecule has 2 aromatic heterocycles. The highest BCUT2D eigenvalue weighted by molar-refractivity contribution is 9.10. The summed E-state index contributed by atoms with van der Waals surface area (Å²) in [4.78, 5) is 5.54. The fraction of sp³-hybridized carbons (Fsp3) is 0.400. The van der Waals surface area contributed by atoms with Crippen LogP contribution in [0.2, 0.25) is 0 Å². The van der Waals surface area contributed by atoms with Crippen molar-refractivity contribution < 1.29 is 0 Å². The van der Waals surface area contributed by atoms with Crippen LogP contribution in [0.4, 0.5) is 0 Å². The highest BCUT2D eigenvalue weighted by atomic mass is 79.9. The zero-order chi connectivity index (χ0) is 11.5. The number of rotatable bonds is 4. The van der Waals surface area contributed by atoms with Crippen molar-refractivity contribution in [2.24, 2.45) is 7.05 Å². The molecule has 0 aliphatic rings. The Morgan fingerprint density at radius 3 is 2.94 bits per heavy atom. The van der Waals surface area contributed by atoms with Gasteiger partial charge in [0.15, 0.2) is 0 Å². The first-order chi connectivity index (χ1) is 7.72. The molecule has 4 nitrogen and oxygen atoms in total. The molecule has 0 amide bonds. The van der Waals surface area contributed by atoms with Gasteiger partial charge in [-0.2, -0.15) is 5.10 Å². The Hall–Kier alpha value is -0.720. The first-order valence-electron chi connectivity index (χ1n) is 4.95. The average molecular weight is 301 g/mol. The summed E-state index contributed by atoms with van der Waals surface area (Å²) in [7, 11) is 3.88. The van der Waals surface area contributed by atoms with Gasteiger partial charge < -0.3 is 5.32 Å². The van der Waals surface area contributed by atoms with Crippen LogP contribution in [-0.2, 0) is 13.5 Å². The van der Waals surface area contributed by atoms with Gasteiger partial charge in [0.2, 0.25) is 0 Å². The van der Waals surface area contributed by atoms with Gasteiger partial charge in [0.1, 0.15) is 12.2 Å². The molecule has 1 unspecified atom stereocenters. The maximum atomic E-state index is 4.24. The SMILES string of the molecule is CNC(Cc1ncnn1C)c1sccc1Br. The second-order valence-electron chi connectivity index (χ2n) is 3.48. The van der Waals surface area contributed by atoms with E-state index in [0.717, 1.165) is 16.7 Å². The number of nitrogens with zero attached hydrogens (tertiary/aromatic N) is 3. The second-order valence-corrected chi connectivity index (χ2v) is 5.28. The third-order valence-electron chi connectivity index (χ3n) is 2.50. The van der Waals surface area contributed by atoms with E-state index in [-0.39, 0.29) is 6.04 Å². The van der Waals surface area contributed by atoms with Crippen molar-refractivity contribution in [3.63, 3.8) is 0 Å². The lowest BCUT2D eigenvalue weighted by atomic mass is 10.1. The van der Waals surface area contributed by atoms with Crippen LogP contribution in [0.1, 0.15) is 16.7 Å². The van der Waals surface area contributed by atoms with Crippen molar-refractivity contribution in [3.05, 3.63) is 32.9 Å². The van der Waals surface area contributed by atoms with E-state index >= 15 is 0 Å². The third kappa shape index (κ3) is 2.34. The van der Waals surface area contributed by atoms with Gasteiger partial charge in [0.05, 0.1) is 0 Å². The van der Waals surface area contributed by atoms with E-state index in [1.807, 2.05) is 18.8 Å². The average Bonchev–Trinajstić information content (AvgIpc) is 2.85. The lowest BCUT2D eigenvalue weighted by Gasteiger charge is -2.14. The van der Waals surface area contributed by atoms with Crippen LogP contribution < -0.4 is 5.32 Å². The van der Waals surface area contributed by atoms with Gasteiger partial charge in [0.25, 0.3) is 0 Å². The summed E-state index contributed by atoms with van der Waals surface area (Å²) in [6, 6.07) is 2.35. The molecule has 0 spiro atoms. The van der Waals surface area contributed by atoms with Gasteiger partial charge in [0, 0.05) is 28.9 Å². The Morgan fingerprint density at radius 1 is 1.62 bits per heavy atom. The number of hydrogen-bond donors (Lipinski definition) is 1. The molecule has 2 rings (SSSR count). The normalized spacial score (nSPS) is 12.9. The summed E-state index contributed by atoms with van der Waals surface area (Å²) in [5, 5.41) is 9.47. The number of likely N-dealkylation sites (N-methyl/N-ethyl adjacent to an activating group) is 1. The van der Waals surface area contributed by atoms with Crippen molar-refractivity contribution in [1.82, 2.24) is 20.1 Å². The van der Waals surface area contributed by atoms with Crippen LogP contribution in [0.5, 0.6) is 0 Å². The monoisotopic (exact) mass is 300 g/mol. The highest BCUT2D eigenvalue weighted by Gasteiger charge is 2.16. The molecular weight excluding hydrogens is 288 g/mol. The molecule has 2 aromatic rings. The predicted octanol–water partition coefficient (Wildman–Crippen LogP) is 2.14. The minimum Gasteiger partial charge on any atom is -0.312 e. The Labute approximate surface area is 107 Å². The predicted molar refractivity (Wildman–Crippen MR) is 68.5 cm³/mol. The van der Waals surface area contributed by atoms with Crippen LogP contribution in [0.3, 0.4) is 0 Å². The van der Waals surface area contributed by atoms with E-state index in [2.05, 4.69) is 42.8 Å². The molecule has 1 atom stereocenters. The van der Waals surface area contributed by atoms with Crippen molar-refractivity contribution in [3.8, 4) is 0 Å². The number of nitrogens with one attached hydrogen (secondary N) is 1. The fourth-order valence-corrected chi connectivity index (χ4v) is 3.33. The summed E-state index contributed by atoms with van der Waals surface area (Å²) in [5.41, 5.74) is 0. The second kappa shape index (κ2) is 5.07. The zero-order valence-electron chi connectivity index (χ0n) is 9.14. The topological polar surface area (TPSA) is 42.7 Å². The number of thiophene rings is 1. The maximum absolute atomic E-state index is 4.24. The quantitative estimate of drug-likeness (QED) is 0.941. The summed E-state index contributed by atoms with van der Waals surface area (Å²) in [6.07, 6.45) is 2.43. The minimum atomic E-state index is 0.275. The lowest BCUT2D eigenvalue weighted by molar-refractivity contribution is 0.559. The molecule has 0 saturated heterocycles. The molecule has 1 N–H and O–H groups in total. The zero-order valence-corrected chi connectivity index (χ0v) is 11.5. The first kappa shape index (κ1) is 11.8. The number of halogens is 1. The minimum absolute atomic E-state index is 0.275. The Kier molecular flexibility index (Phi) is 3.73. The molecule has 6 heteroatoms. The van der Waals surface area contributed by atoms with E-state index in [9.17, 15) is 0 Å². The van der Waals surface area contributed by atoms with E-state index in [1.165, 1.54) is 4.88 Å². The summed E-state index contributed by atoms with van der Waals surface area (Å²) >= 11 is 5.30. The molecule has 0 aliphatic heterocycles. The first-order valence-corrected chi connectivity index (χ1v) is 6.62. The van der Waals surface area contributed by atoms with E-state index < -0.39 is 0 Å². The summed E-state index contributed by atoms with van der Waals surface area (Å²) in [6.45, 7) is 0. The van der Waals surface area contributed by atoms with Gasteiger partial charge in [-0.1, -0.05) is 0 Å².